The van der Waals surface area contributed by atoms with Crippen LogP contribution in [0.1, 0.15) is 23.6 Å². The predicted octanol–water partition coefficient (Wildman–Crippen LogP) is 2.00. The SMILES string of the molecule is CC(=O)N1Cc2ccccc2C[C@@H]1C(=O)NCc1ccc2c(c1)OCO2. The number of benzene rings is 2. The van der Waals surface area contributed by atoms with Gasteiger partial charge in [-0.15, -0.1) is 0 Å². The maximum atomic E-state index is 12.8. The Morgan fingerprint density at radius 3 is 2.69 bits per heavy atom. The molecule has 0 saturated heterocycles. The van der Waals surface area contributed by atoms with Crippen molar-refractivity contribution in [2.75, 3.05) is 6.79 Å². The van der Waals surface area contributed by atoms with Crippen molar-refractivity contribution in [1.82, 2.24) is 10.2 Å². The second kappa shape index (κ2) is 6.71. The molecular formula is C20H20N2O4. The summed E-state index contributed by atoms with van der Waals surface area (Å²) in [6, 6.07) is 13.0. The Hall–Kier alpha value is -3.02. The first-order valence-corrected chi connectivity index (χ1v) is 8.62. The zero-order valence-electron chi connectivity index (χ0n) is 14.5. The summed E-state index contributed by atoms with van der Waals surface area (Å²) < 4.78 is 10.7. The molecule has 4 rings (SSSR count). The average Bonchev–Trinajstić information content (AvgIpc) is 3.12. The molecule has 0 radical (unpaired) electrons. The summed E-state index contributed by atoms with van der Waals surface area (Å²) in [5, 5.41) is 2.95. The molecule has 2 amide bonds. The minimum absolute atomic E-state index is 0.0947. The second-order valence-electron chi connectivity index (χ2n) is 6.54. The summed E-state index contributed by atoms with van der Waals surface area (Å²) in [6.07, 6.45) is 0.530. The Labute approximate surface area is 151 Å². The minimum atomic E-state index is -0.489. The van der Waals surface area contributed by atoms with E-state index in [1.165, 1.54) is 6.92 Å². The van der Waals surface area contributed by atoms with Crippen molar-refractivity contribution < 1.29 is 19.1 Å². The van der Waals surface area contributed by atoms with Crippen LogP contribution < -0.4 is 14.8 Å². The van der Waals surface area contributed by atoms with Crippen molar-refractivity contribution in [3.05, 3.63) is 59.2 Å². The van der Waals surface area contributed by atoms with Crippen LogP contribution in [0.5, 0.6) is 11.5 Å². The highest BCUT2D eigenvalue weighted by atomic mass is 16.7. The lowest BCUT2D eigenvalue weighted by Gasteiger charge is -2.35. The summed E-state index contributed by atoms with van der Waals surface area (Å²) in [6.45, 7) is 2.57. The maximum Gasteiger partial charge on any atom is 0.243 e. The standard InChI is InChI=1S/C20H20N2O4/c1-13(23)22-11-16-5-3-2-4-15(16)9-17(22)20(24)21-10-14-6-7-18-19(8-14)26-12-25-18/h2-8,17H,9-12H2,1H3,(H,21,24)/t17-/m1/s1. The zero-order chi connectivity index (χ0) is 18.1. The van der Waals surface area contributed by atoms with Gasteiger partial charge in [-0.1, -0.05) is 30.3 Å². The third kappa shape index (κ3) is 3.10. The number of hydrogen-bond donors (Lipinski definition) is 1. The van der Waals surface area contributed by atoms with E-state index in [0.717, 1.165) is 16.7 Å². The number of amides is 2. The van der Waals surface area contributed by atoms with E-state index < -0.39 is 6.04 Å². The Morgan fingerprint density at radius 2 is 1.88 bits per heavy atom. The fraction of sp³-hybridized carbons (Fsp3) is 0.300. The van der Waals surface area contributed by atoms with Crippen LogP contribution >= 0.6 is 0 Å². The molecule has 0 fully saturated rings. The number of carbonyl (C=O) groups is 2. The largest absolute Gasteiger partial charge is 0.454 e. The molecule has 2 heterocycles. The van der Waals surface area contributed by atoms with Gasteiger partial charge in [0.1, 0.15) is 6.04 Å². The van der Waals surface area contributed by atoms with Crippen LogP contribution in [0.3, 0.4) is 0 Å². The van der Waals surface area contributed by atoms with Crippen molar-refractivity contribution in [1.29, 1.82) is 0 Å². The molecular weight excluding hydrogens is 332 g/mol. The van der Waals surface area contributed by atoms with E-state index >= 15 is 0 Å². The lowest BCUT2D eigenvalue weighted by atomic mass is 9.93. The third-order valence-electron chi connectivity index (χ3n) is 4.86. The molecule has 1 atom stereocenters. The highest BCUT2D eigenvalue weighted by molar-refractivity contribution is 5.87. The minimum Gasteiger partial charge on any atom is -0.454 e. The Kier molecular flexibility index (Phi) is 4.24. The molecule has 0 aromatic heterocycles. The number of fused-ring (bicyclic) bond motifs is 2. The summed E-state index contributed by atoms with van der Waals surface area (Å²) in [4.78, 5) is 26.4. The molecule has 0 unspecified atom stereocenters. The third-order valence-corrected chi connectivity index (χ3v) is 4.86. The van der Waals surface area contributed by atoms with Crippen LogP contribution in [-0.4, -0.2) is 29.5 Å². The molecule has 2 aromatic rings. The molecule has 0 bridgehead atoms. The van der Waals surface area contributed by atoms with Crippen LogP contribution in [-0.2, 0) is 29.1 Å². The van der Waals surface area contributed by atoms with Crippen LogP contribution in [0.2, 0.25) is 0 Å². The first kappa shape index (κ1) is 16.4. The second-order valence-corrected chi connectivity index (χ2v) is 6.54. The molecule has 0 saturated carbocycles. The van der Waals surface area contributed by atoms with Gasteiger partial charge in [0, 0.05) is 26.4 Å². The van der Waals surface area contributed by atoms with Gasteiger partial charge < -0.3 is 19.7 Å². The topological polar surface area (TPSA) is 67.9 Å². The van der Waals surface area contributed by atoms with Gasteiger partial charge in [0.25, 0.3) is 0 Å². The van der Waals surface area contributed by atoms with E-state index in [2.05, 4.69) is 5.32 Å². The summed E-state index contributed by atoms with van der Waals surface area (Å²) >= 11 is 0. The van der Waals surface area contributed by atoms with E-state index in [9.17, 15) is 9.59 Å². The van der Waals surface area contributed by atoms with Crippen LogP contribution in [0.25, 0.3) is 0 Å². The fourth-order valence-corrected chi connectivity index (χ4v) is 3.45. The Balaban J connectivity index is 1.47. The molecule has 2 aliphatic rings. The van der Waals surface area contributed by atoms with Gasteiger partial charge in [-0.3, -0.25) is 9.59 Å². The summed E-state index contributed by atoms with van der Waals surface area (Å²) in [5.41, 5.74) is 3.14. The first-order chi connectivity index (χ1) is 12.6. The van der Waals surface area contributed by atoms with Crippen molar-refractivity contribution in [2.24, 2.45) is 0 Å². The van der Waals surface area contributed by atoms with Crippen molar-refractivity contribution in [2.45, 2.75) is 32.5 Å². The first-order valence-electron chi connectivity index (χ1n) is 8.62. The Morgan fingerprint density at radius 1 is 1.12 bits per heavy atom. The van der Waals surface area contributed by atoms with Gasteiger partial charge in [0.05, 0.1) is 0 Å². The van der Waals surface area contributed by atoms with E-state index in [4.69, 9.17) is 9.47 Å². The molecule has 0 spiro atoms. The van der Waals surface area contributed by atoms with E-state index in [1.807, 2.05) is 42.5 Å². The fourth-order valence-electron chi connectivity index (χ4n) is 3.45. The van der Waals surface area contributed by atoms with Gasteiger partial charge in [-0.05, 0) is 28.8 Å². The van der Waals surface area contributed by atoms with Gasteiger partial charge in [0.15, 0.2) is 11.5 Å². The predicted molar refractivity (Wildman–Crippen MR) is 94.6 cm³/mol. The number of hydrogen-bond acceptors (Lipinski definition) is 4. The molecule has 6 nitrogen and oxygen atoms in total. The molecule has 0 aliphatic carbocycles. The van der Waals surface area contributed by atoms with E-state index in [1.54, 1.807) is 4.90 Å². The number of carbonyl (C=O) groups excluding carboxylic acids is 2. The van der Waals surface area contributed by atoms with E-state index in [-0.39, 0.29) is 18.6 Å². The average molecular weight is 352 g/mol. The highest BCUT2D eigenvalue weighted by Gasteiger charge is 2.32. The lowest BCUT2D eigenvalue weighted by molar-refractivity contribution is -0.140. The van der Waals surface area contributed by atoms with Crippen LogP contribution in [0.4, 0.5) is 0 Å². The maximum absolute atomic E-state index is 12.8. The number of ether oxygens (including phenoxy) is 2. The molecule has 1 N–H and O–H groups in total. The quantitative estimate of drug-likeness (QED) is 0.918. The summed E-state index contributed by atoms with van der Waals surface area (Å²) in [5.74, 6) is 1.16. The van der Waals surface area contributed by atoms with Gasteiger partial charge >= 0.3 is 0 Å². The van der Waals surface area contributed by atoms with Gasteiger partial charge in [0.2, 0.25) is 18.6 Å². The van der Waals surface area contributed by atoms with E-state index in [0.29, 0.717) is 31.0 Å². The summed E-state index contributed by atoms with van der Waals surface area (Å²) in [7, 11) is 0. The molecule has 2 aliphatic heterocycles. The molecule has 2 aromatic carbocycles. The zero-order valence-corrected chi connectivity index (χ0v) is 14.5. The van der Waals surface area contributed by atoms with Gasteiger partial charge in [-0.2, -0.15) is 0 Å². The van der Waals surface area contributed by atoms with Gasteiger partial charge in [-0.25, -0.2) is 0 Å². The monoisotopic (exact) mass is 352 g/mol. The Bertz CT molecular complexity index is 865. The normalized spacial score (nSPS) is 17.6. The number of nitrogens with zero attached hydrogens (tertiary/aromatic N) is 1. The molecule has 6 heteroatoms. The molecule has 134 valence electrons. The highest BCUT2D eigenvalue weighted by Crippen LogP contribution is 2.32. The number of nitrogens with one attached hydrogen (secondary N) is 1. The lowest BCUT2D eigenvalue weighted by Crippen LogP contribution is -2.51. The smallest absolute Gasteiger partial charge is 0.243 e. The van der Waals surface area contributed by atoms with Crippen molar-refractivity contribution in [3.63, 3.8) is 0 Å². The molecule has 26 heavy (non-hydrogen) atoms. The van der Waals surface area contributed by atoms with Crippen molar-refractivity contribution >= 4 is 11.8 Å². The number of rotatable bonds is 3. The van der Waals surface area contributed by atoms with Crippen LogP contribution in [0.15, 0.2) is 42.5 Å². The van der Waals surface area contributed by atoms with Crippen molar-refractivity contribution in [3.8, 4) is 11.5 Å². The van der Waals surface area contributed by atoms with Crippen LogP contribution in [0, 0.1) is 0 Å².